The number of likely N-dealkylation sites (N-methyl/N-ethyl adjacent to an activating group) is 1. The highest BCUT2D eigenvalue weighted by Crippen LogP contribution is 2.26. The highest BCUT2D eigenvalue weighted by Gasteiger charge is 2.17. The normalized spacial score (nSPS) is 12.6. The van der Waals surface area contributed by atoms with E-state index in [1.807, 2.05) is 12.1 Å². The highest BCUT2D eigenvalue weighted by molar-refractivity contribution is 7.17. The fourth-order valence-electron chi connectivity index (χ4n) is 1.85. The Labute approximate surface area is 105 Å². The van der Waals surface area contributed by atoms with Crippen molar-refractivity contribution < 1.29 is 4.79 Å². The zero-order chi connectivity index (χ0) is 12.4. The van der Waals surface area contributed by atoms with Gasteiger partial charge in [0.1, 0.15) is 0 Å². The summed E-state index contributed by atoms with van der Waals surface area (Å²) in [7, 11) is 3.46. The zero-order valence-corrected chi connectivity index (χ0v) is 10.8. The summed E-state index contributed by atoms with van der Waals surface area (Å²) in [6.07, 6.45) is 0.598. The number of carbonyl (C=O) groups excluding carboxylic acids is 1. The first kappa shape index (κ1) is 12.1. The number of hydrogen-bond donors (Lipinski definition) is 1. The number of nitrogens with two attached hydrogens (primary N) is 1. The summed E-state index contributed by atoms with van der Waals surface area (Å²) in [5.74, 6) is -0.0275. The minimum Gasteiger partial charge on any atom is -0.347 e. The van der Waals surface area contributed by atoms with Crippen molar-refractivity contribution >= 4 is 27.3 Å². The summed E-state index contributed by atoms with van der Waals surface area (Å²) in [6.45, 7) is 0. The van der Waals surface area contributed by atoms with Crippen LogP contribution in [0.15, 0.2) is 29.6 Å². The van der Waals surface area contributed by atoms with Crippen LogP contribution in [0.5, 0.6) is 0 Å². The van der Waals surface area contributed by atoms with Gasteiger partial charge in [-0.25, -0.2) is 0 Å². The predicted octanol–water partition coefficient (Wildman–Crippen LogP) is 1.86. The van der Waals surface area contributed by atoms with Gasteiger partial charge in [-0.1, -0.05) is 18.2 Å². The van der Waals surface area contributed by atoms with E-state index in [-0.39, 0.29) is 5.91 Å². The first-order chi connectivity index (χ1) is 8.09. The van der Waals surface area contributed by atoms with Gasteiger partial charge in [0.25, 0.3) is 0 Å². The third-order valence-corrected chi connectivity index (χ3v) is 3.77. The maximum absolute atomic E-state index is 11.7. The van der Waals surface area contributed by atoms with Gasteiger partial charge in [0, 0.05) is 18.8 Å². The molecule has 2 N–H and O–H groups in total. The van der Waals surface area contributed by atoms with E-state index in [0.717, 1.165) is 5.56 Å². The van der Waals surface area contributed by atoms with Crippen molar-refractivity contribution in [2.45, 2.75) is 12.5 Å². The molecule has 4 heteroatoms. The summed E-state index contributed by atoms with van der Waals surface area (Å²) in [5.41, 5.74) is 7.07. The standard InChI is InChI=1S/C13H16N2OS/c1-15(2)13(16)11(14)7-9-8-17-12-6-4-3-5-10(9)12/h3-6,8,11H,7,14H2,1-2H3/t11-/m1/s1. The van der Waals surface area contributed by atoms with E-state index < -0.39 is 6.04 Å². The number of benzene rings is 1. The van der Waals surface area contributed by atoms with E-state index in [2.05, 4.69) is 17.5 Å². The highest BCUT2D eigenvalue weighted by atomic mass is 32.1. The Balaban J connectivity index is 2.21. The lowest BCUT2D eigenvalue weighted by Crippen LogP contribution is -2.41. The largest absolute Gasteiger partial charge is 0.347 e. The van der Waals surface area contributed by atoms with E-state index >= 15 is 0 Å². The van der Waals surface area contributed by atoms with E-state index in [0.29, 0.717) is 6.42 Å². The lowest BCUT2D eigenvalue weighted by atomic mass is 10.0. The molecule has 0 spiro atoms. The monoisotopic (exact) mass is 248 g/mol. The van der Waals surface area contributed by atoms with Crippen molar-refractivity contribution in [1.82, 2.24) is 4.90 Å². The van der Waals surface area contributed by atoms with Gasteiger partial charge >= 0.3 is 0 Å². The molecule has 0 saturated heterocycles. The fourth-order valence-corrected chi connectivity index (χ4v) is 2.82. The second kappa shape index (κ2) is 4.85. The molecule has 1 atom stereocenters. The van der Waals surface area contributed by atoms with E-state index in [4.69, 9.17) is 5.73 Å². The number of hydrogen-bond acceptors (Lipinski definition) is 3. The van der Waals surface area contributed by atoms with E-state index in [1.54, 1.807) is 30.3 Å². The minimum absolute atomic E-state index is 0.0275. The molecular weight excluding hydrogens is 232 g/mol. The van der Waals surface area contributed by atoms with E-state index in [1.165, 1.54) is 10.1 Å². The van der Waals surface area contributed by atoms with Gasteiger partial charge in [-0.15, -0.1) is 11.3 Å². The van der Waals surface area contributed by atoms with Crippen LogP contribution in [0.4, 0.5) is 0 Å². The molecule has 17 heavy (non-hydrogen) atoms. The zero-order valence-electron chi connectivity index (χ0n) is 10.0. The molecule has 0 aliphatic carbocycles. The fraction of sp³-hybridized carbons (Fsp3) is 0.308. The van der Waals surface area contributed by atoms with Gasteiger partial charge in [-0.3, -0.25) is 4.79 Å². The molecule has 0 aliphatic heterocycles. The second-order valence-electron chi connectivity index (χ2n) is 4.30. The first-order valence-electron chi connectivity index (χ1n) is 5.51. The number of fused-ring (bicyclic) bond motifs is 1. The third-order valence-electron chi connectivity index (χ3n) is 2.76. The molecule has 1 aromatic carbocycles. The maximum atomic E-state index is 11.7. The summed E-state index contributed by atoms with van der Waals surface area (Å²) in [6, 6.07) is 7.74. The lowest BCUT2D eigenvalue weighted by molar-refractivity contribution is -0.130. The van der Waals surface area contributed by atoms with Gasteiger partial charge in [-0.05, 0) is 28.8 Å². The second-order valence-corrected chi connectivity index (χ2v) is 5.21. The van der Waals surface area contributed by atoms with Crippen LogP contribution in [-0.4, -0.2) is 30.9 Å². The number of amides is 1. The SMILES string of the molecule is CN(C)C(=O)[C@H](N)Cc1csc2ccccc12. The van der Waals surface area contributed by atoms with Gasteiger partial charge in [0.2, 0.25) is 5.91 Å². The van der Waals surface area contributed by atoms with Crippen LogP contribution in [0.2, 0.25) is 0 Å². The van der Waals surface area contributed by atoms with Crippen molar-refractivity contribution in [1.29, 1.82) is 0 Å². The molecule has 0 saturated carbocycles. The third kappa shape index (κ3) is 2.48. The van der Waals surface area contributed by atoms with Crippen molar-refractivity contribution in [2.75, 3.05) is 14.1 Å². The average molecular weight is 248 g/mol. The molecule has 2 rings (SSSR count). The minimum atomic E-state index is -0.456. The topological polar surface area (TPSA) is 46.3 Å². The molecule has 90 valence electrons. The van der Waals surface area contributed by atoms with Crippen LogP contribution in [0.1, 0.15) is 5.56 Å². The Morgan fingerprint density at radius 1 is 1.41 bits per heavy atom. The predicted molar refractivity (Wildman–Crippen MR) is 72.2 cm³/mol. The Morgan fingerprint density at radius 3 is 2.82 bits per heavy atom. The number of thiophene rings is 1. The Bertz CT molecular complexity index is 533. The number of rotatable bonds is 3. The molecular formula is C13H16N2OS. The molecule has 1 aromatic heterocycles. The molecule has 1 heterocycles. The lowest BCUT2D eigenvalue weighted by Gasteiger charge is -2.16. The van der Waals surface area contributed by atoms with Crippen LogP contribution in [0.25, 0.3) is 10.1 Å². The van der Waals surface area contributed by atoms with Gasteiger partial charge < -0.3 is 10.6 Å². The van der Waals surface area contributed by atoms with Gasteiger partial charge in [0.05, 0.1) is 6.04 Å². The van der Waals surface area contributed by atoms with Crippen molar-refractivity contribution in [3.05, 3.63) is 35.2 Å². The smallest absolute Gasteiger partial charge is 0.239 e. The molecule has 0 unspecified atom stereocenters. The van der Waals surface area contributed by atoms with Crippen LogP contribution in [0, 0.1) is 0 Å². The Hall–Kier alpha value is -1.39. The van der Waals surface area contributed by atoms with Crippen LogP contribution in [0.3, 0.4) is 0 Å². The van der Waals surface area contributed by atoms with Crippen molar-refractivity contribution in [3.8, 4) is 0 Å². The Morgan fingerprint density at radius 2 is 2.12 bits per heavy atom. The number of carbonyl (C=O) groups is 1. The Kier molecular flexibility index (Phi) is 3.45. The van der Waals surface area contributed by atoms with E-state index in [9.17, 15) is 4.79 Å². The van der Waals surface area contributed by atoms with Crippen LogP contribution in [-0.2, 0) is 11.2 Å². The maximum Gasteiger partial charge on any atom is 0.239 e. The van der Waals surface area contributed by atoms with Crippen LogP contribution < -0.4 is 5.73 Å². The molecule has 0 fully saturated rings. The van der Waals surface area contributed by atoms with Gasteiger partial charge in [0.15, 0.2) is 0 Å². The molecule has 3 nitrogen and oxygen atoms in total. The van der Waals surface area contributed by atoms with Gasteiger partial charge in [-0.2, -0.15) is 0 Å². The number of nitrogens with zero attached hydrogens (tertiary/aromatic N) is 1. The summed E-state index contributed by atoms with van der Waals surface area (Å²) >= 11 is 1.70. The first-order valence-corrected chi connectivity index (χ1v) is 6.39. The molecule has 0 bridgehead atoms. The molecule has 1 amide bonds. The van der Waals surface area contributed by atoms with Crippen LogP contribution >= 0.6 is 11.3 Å². The quantitative estimate of drug-likeness (QED) is 0.901. The molecule has 0 radical (unpaired) electrons. The summed E-state index contributed by atoms with van der Waals surface area (Å²) in [4.78, 5) is 13.3. The summed E-state index contributed by atoms with van der Waals surface area (Å²) < 4.78 is 1.24. The summed E-state index contributed by atoms with van der Waals surface area (Å²) in [5, 5.41) is 3.30. The van der Waals surface area contributed by atoms with Crippen molar-refractivity contribution in [2.24, 2.45) is 5.73 Å². The average Bonchev–Trinajstić information content (AvgIpc) is 2.71. The molecule has 2 aromatic rings. The molecule has 0 aliphatic rings. The van der Waals surface area contributed by atoms with Crippen molar-refractivity contribution in [3.63, 3.8) is 0 Å².